The number of benzene rings is 2. The maximum Gasteiger partial charge on any atom is 0.244 e. The molecule has 0 saturated carbocycles. The van der Waals surface area contributed by atoms with Gasteiger partial charge in [-0.3, -0.25) is 9.59 Å². The highest BCUT2D eigenvalue weighted by Crippen LogP contribution is 2.23. The zero-order valence-electron chi connectivity index (χ0n) is 13.3. The molecule has 24 heavy (non-hydrogen) atoms. The second-order valence-electron chi connectivity index (χ2n) is 5.23. The van der Waals surface area contributed by atoms with Gasteiger partial charge in [-0.05, 0) is 42.8 Å². The molecule has 0 atom stereocenters. The molecule has 1 N–H and O–H groups in total. The fraction of sp³-hybridized carbons (Fsp3) is 0.167. The van der Waals surface area contributed by atoms with Gasteiger partial charge in [-0.25, -0.2) is 0 Å². The van der Waals surface area contributed by atoms with Gasteiger partial charge in [-0.1, -0.05) is 23.7 Å². The molecule has 0 bridgehead atoms. The summed E-state index contributed by atoms with van der Waals surface area (Å²) in [6, 6.07) is 13.8. The van der Waals surface area contributed by atoms with Crippen LogP contribution in [0.4, 0.5) is 11.4 Å². The van der Waals surface area contributed by atoms with E-state index in [0.717, 1.165) is 5.56 Å². The van der Waals surface area contributed by atoms with Gasteiger partial charge in [0.25, 0.3) is 0 Å². The van der Waals surface area contributed by atoms with Gasteiger partial charge >= 0.3 is 0 Å². The number of carbonyl (C=O) groups excluding carboxylic acids is 2. The monoisotopic (exact) mass is 341 g/mol. The van der Waals surface area contributed by atoms with Crippen molar-refractivity contribution in [1.82, 2.24) is 0 Å². The van der Waals surface area contributed by atoms with Gasteiger partial charge in [-0.15, -0.1) is 0 Å². The quantitative estimate of drug-likeness (QED) is 0.924. The van der Waals surface area contributed by atoms with Crippen molar-refractivity contribution in [2.24, 2.45) is 0 Å². The summed E-state index contributed by atoms with van der Waals surface area (Å²) in [5.74, 6) is -0.638. The molecule has 0 aliphatic heterocycles. The Morgan fingerprint density at radius 2 is 1.96 bits per heavy atom. The van der Waals surface area contributed by atoms with E-state index in [1.54, 1.807) is 49.4 Å². The van der Waals surface area contributed by atoms with E-state index in [4.69, 9.17) is 16.9 Å². The Bertz CT molecular complexity index is 827. The first-order chi connectivity index (χ1) is 11.4. The molecule has 0 unspecified atom stereocenters. The molecule has 0 radical (unpaired) electrons. The van der Waals surface area contributed by atoms with Crippen LogP contribution in [0.25, 0.3) is 0 Å². The Labute approximate surface area is 145 Å². The summed E-state index contributed by atoms with van der Waals surface area (Å²) in [6.07, 6.45) is 0. The number of nitriles is 1. The molecule has 2 rings (SSSR count). The highest BCUT2D eigenvalue weighted by atomic mass is 35.5. The van der Waals surface area contributed by atoms with Crippen molar-refractivity contribution in [3.8, 4) is 6.07 Å². The smallest absolute Gasteiger partial charge is 0.244 e. The number of nitrogens with one attached hydrogen (secondary N) is 1. The molecule has 6 heteroatoms. The van der Waals surface area contributed by atoms with Gasteiger partial charge in [0.2, 0.25) is 11.8 Å². The van der Waals surface area contributed by atoms with E-state index in [1.165, 1.54) is 11.8 Å². The lowest BCUT2D eigenvalue weighted by Gasteiger charge is -2.21. The van der Waals surface area contributed by atoms with Crippen molar-refractivity contribution >= 4 is 34.8 Å². The summed E-state index contributed by atoms with van der Waals surface area (Å²) < 4.78 is 0. The zero-order valence-corrected chi connectivity index (χ0v) is 14.1. The predicted molar refractivity (Wildman–Crippen MR) is 94.0 cm³/mol. The first-order valence-electron chi connectivity index (χ1n) is 7.25. The van der Waals surface area contributed by atoms with Gasteiger partial charge < -0.3 is 10.2 Å². The summed E-state index contributed by atoms with van der Waals surface area (Å²) in [5.41, 5.74) is 2.28. The molecule has 0 heterocycles. The maximum absolute atomic E-state index is 12.3. The Morgan fingerprint density at radius 3 is 2.62 bits per heavy atom. The zero-order chi connectivity index (χ0) is 17.7. The molecule has 0 aliphatic rings. The van der Waals surface area contributed by atoms with Crippen molar-refractivity contribution in [2.45, 2.75) is 13.8 Å². The first-order valence-corrected chi connectivity index (χ1v) is 7.63. The lowest BCUT2D eigenvalue weighted by atomic mass is 10.2. The van der Waals surface area contributed by atoms with E-state index in [-0.39, 0.29) is 18.4 Å². The first kappa shape index (κ1) is 17.5. The predicted octanol–water partition coefficient (Wildman–Crippen LogP) is 3.51. The maximum atomic E-state index is 12.3. The number of hydrogen-bond donors (Lipinski definition) is 1. The summed E-state index contributed by atoms with van der Waals surface area (Å²) in [6.45, 7) is 3.02. The van der Waals surface area contributed by atoms with E-state index in [2.05, 4.69) is 5.32 Å². The van der Waals surface area contributed by atoms with E-state index in [1.807, 2.05) is 6.07 Å². The van der Waals surface area contributed by atoms with E-state index >= 15 is 0 Å². The van der Waals surface area contributed by atoms with Gasteiger partial charge in [0.1, 0.15) is 6.54 Å². The minimum absolute atomic E-state index is 0.157. The number of hydrogen-bond acceptors (Lipinski definition) is 3. The molecule has 2 aromatic rings. The molecule has 5 nitrogen and oxygen atoms in total. The number of anilines is 2. The van der Waals surface area contributed by atoms with E-state index in [9.17, 15) is 9.59 Å². The fourth-order valence-corrected chi connectivity index (χ4v) is 2.38. The molecular formula is C18H16ClN3O2. The molecule has 0 spiro atoms. The van der Waals surface area contributed by atoms with Crippen molar-refractivity contribution in [3.05, 3.63) is 58.6 Å². The third-order valence-corrected chi connectivity index (χ3v) is 3.92. The molecular weight excluding hydrogens is 326 g/mol. The molecule has 2 aromatic carbocycles. The average Bonchev–Trinajstić information content (AvgIpc) is 2.56. The topological polar surface area (TPSA) is 73.2 Å². The number of carbonyl (C=O) groups is 2. The summed E-state index contributed by atoms with van der Waals surface area (Å²) in [4.78, 5) is 25.5. The highest BCUT2D eigenvalue weighted by molar-refractivity contribution is 6.31. The third-order valence-electron chi connectivity index (χ3n) is 3.51. The van der Waals surface area contributed by atoms with Crippen LogP contribution in [0.2, 0.25) is 5.02 Å². The van der Waals surface area contributed by atoms with Crippen molar-refractivity contribution in [3.63, 3.8) is 0 Å². The van der Waals surface area contributed by atoms with Crippen molar-refractivity contribution in [2.75, 3.05) is 16.8 Å². The van der Waals surface area contributed by atoms with Gasteiger partial charge in [-0.2, -0.15) is 5.26 Å². The summed E-state index contributed by atoms with van der Waals surface area (Å²) in [5, 5.41) is 12.3. The van der Waals surface area contributed by atoms with Crippen LogP contribution >= 0.6 is 11.6 Å². The molecule has 2 amide bonds. The van der Waals surface area contributed by atoms with Crippen molar-refractivity contribution < 1.29 is 9.59 Å². The standard InChI is InChI=1S/C18H16ClN3O2/c1-12-16(19)7-4-8-17(12)21-18(24)11-22(13(2)23)15-6-3-5-14(9-15)10-20/h3-9H,11H2,1-2H3,(H,21,24). The second-order valence-corrected chi connectivity index (χ2v) is 5.64. The molecule has 0 saturated heterocycles. The Hall–Kier alpha value is -2.84. The van der Waals surface area contributed by atoms with Gasteiger partial charge in [0.05, 0.1) is 11.6 Å². The van der Waals surface area contributed by atoms with Gasteiger partial charge in [0, 0.05) is 23.3 Å². The van der Waals surface area contributed by atoms with Crippen molar-refractivity contribution in [1.29, 1.82) is 5.26 Å². The number of rotatable bonds is 4. The fourth-order valence-electron chi connectivity index (χ4n) is 2.20. The van der Waals surface area contributed by atoms with E-state index < -0.39 is 0 Å². The van der Waals surface area contributed by atoms with Crippen LogP contribution < -0.4 is 10.2 Å². The summed E-state index contributed by atoms with van der Waals surface area (Å²) in [7, 11) is 0. The van der Waals surface area contributed by atoms with Gasteiger partial charge in [0.15, 0.2) is 0 Å². The molecule has 0 aromatic heterocycles. The molecule has 0 fully saturated rings. The second kappa shape index (κ2) is 7.62. The largest absolute Gasteiger partial charge is 0.324 e. The lowest BCUT2D eigenvalue weighted by molar-refractivity contribution is -0.120. The minimum Gasteiger partial charge on any atom is -0.324 e. The molecule has 0 aliphatic carbocycles. The number of amides is 2. The number of nitrogens with zero attached hydrogens (tertiary/aromatic N) is 2. The van der Waals surface area contributed by atoms with Crippen LogP contribution in [0.5, 0.6) is 0 Å². The highest BCUT2D eigenvalue weighted by Gasteiger charge is 2.17. The normalized spacial score (nSPS) is 9.92. The minimum atomic E-state index is -0.349. The van der Waals surface area contributed by atoms with Crippen LogP contribution in [0.15, 0.2) is 42.5 Å². The summed E-state index contributed by atoms with van der Waals surface area (Å²) >= 11 is 6.04. The van der Waals surface area contributed by atoms with Crippen LogP contribution in [0, 0.1) is 18.3 Å². The molecule has 122 valence electrons. The van der Waals surface area contributed by atoms with Crippen LogP contribution in [0.3, 0.4) is 0 Å². The Balaban J connectivity index is 2.19. The Morgan fingerprint density at radius 1 is 1.25 bits per heavy atom. The number of halogens is 1. The van der Waals surface area contributed by atoms with Crippen LogP contribution in [-0.2, 0) is 9.59 Å². The Kier molecular flexibility index (Phi) is 5.56. The van der Waals surface area contributed by atoms with Crippen LogP contribution in [-0.4, -0.2) is 18.4 Å². The average molecular weight is 342 g/mol. The SMILES string of the molecule is CC(=O)N(CC(=O)Nc1cccc(Cl)c1C)c1cccc(C#N)c1. The third kappa shape index (κ3) is 4.12. The lowest BCUT2D eigenvalue weighted by Crippen LogP contribution is -2.36. The van der Waals surface area contributed by atoms with Crippen LogP contribution in [0.1, 0.15) is 18.1 Å². The van der Waals surface area contributed by atoms with E-state index in [0.29, 0.717) is 22.0 Å².